The number of benzene rings is 1. The maximum absolute atomic E-state index is 12.5. The molecule has 0 N–H and O–H groups in total. The first-order chi connectivity index (χ1) is 10.7. The molecule has 1 aromatic carbocycles. The summed E-state index contributed by atoms with van der Waals surface area (Å²) in [7, 11) is -3.31. The van der Waals surface area contributed by atoms with Crippen molar-refractivity contribution in [1.82, 2.24) is 4.31 Å². The zero-order chi connectivity index (χ0) is 17.2. The Hall–Kier alpha value is -2.01. The molecule has 0 unspecified atom stereocenters. The molecule has 1 saturated heterocycles. The Morgan fingerprint density at radius 2 is 1.87 bits per heavy atom. The lowest BCUT2D eigenvalue weighted by Crippen LogP contribution is -2.48. The third-order valence-corrected chi connectivity index (χ3v) is 4.72. The number of ether oxygens (including phenoxy) is 1. The molecular formula is C12H15F2N3O5S. The number of nitro benzene ring substituents is 1. The zero-order valence-electron chi connectivity index (χ0n) is 12.2. The van der Waals surface area contributed by atoms with E-state index in [4.69, 9.17) is 0 Å². The highest BCUT2D eigenvalue weighted by atomic mass is 32.2. The molecule has 8 nitrogen and oxygen atoms in total. The molecule has 23 heavy (non-hydrogen) atoms. The van der Waals surface area contributed by atoms with Gasteiger partial charge >= 0.3 is 6.61 Å². The Balaban J connectivity index is 2.24. The number of nitrogens with zero attached hydrogens (tertiary/aromatic N) is 3. The summed E-state index contributed by atoms with van der Waals surface area (Å²) < 4.78 is 53.6. The van der Waals surface area contributed by atoms with Gasteiger partial charge in [0.05, 0.1) is 22.9 Å². The molecule has 1 fully saturated rings. The van der Waals surface area contributed by atoms with Gasteiger partial charge in [-0.1, -0.05) is 0 Å². The second-order valence-corrected chi connectivity index (χ2v) is 6.92. The van der Waals surface area contributed by atoms with Crippen LogP contribution < -0.4 is 9.64 Å². The molecule has 1 heterocycles. The molecule has 0 radical (unpaired) electrons. The smallest absolute Gasteiger partial charge is 0.387 e. The SMILES string of the molecule is CS(=O)(=O)N1CCN(c2ccc([N+](=O)[O-])cc2OC(F)F)CC1. The predicted molar refractivity (Wildman–Crippen MR) is 78.4 cm³/mol. The molecular weight excluding hydrogens is 336 g/mol. The van der Waals surface area contributed by atoms with E-state index in [2.05, 4.69) is 4.74 Å². The fourth-order valence-corrected chi connectivity index (χ4v) is 3.16. The van der Waals surface area contributed by atoms with E-state index >= 15 is 0 Å². The standard InChI is InChI=1S/C12H15F2N3O5S/c1-23(20,21)16-6-4-15(5-7-16)10-3-2-9(17(18)19)8-11(10)22-12(13)14/h2-3,8,12H,4-7H2,1H3. The lowest BCUT2D eigenvalue weighted by Gasteiger charge is -2.35. The molecule has 2 rings (SSSR count). The highest BCUT2D eigenvalue weighted by Gasteiger charge is 2.26. The molecule has 0 aliphatic carbocycles. The van der Waals surface area contributed by atoms with Crippen LogP contribution in [0.5, 0.6) is 5.75 Å². The summed E-state index contributed by atoms with van der Waals surface area (Å²) in [6, 6.07) is 3.45. The van der Waals surface area contributed by atoms with Crippen molar-refractivity contribution in [2.75, 3.05) is 37.3 Å². The van der Waals surface area contributed by atoms with Crippen LogP contribution in [0.15, 0.2) is 18.2 Å². The number of piperazine rings is 1. The first-order valence-electron chi connectivity index (χ1n) is 6.62. The summed E-state index contributed by atoms with van der Waals surface area (Å²) >= 11 is 0. The van der Waals surface area contributed by atoms with E-state index < -0.39 is 21.6 Å². The fourth-order valence-electron chi connectivity index (χ4n) is 2.33. The van der Waals surface area contributed by atoms with Crippen molar-refractivity contribution in [2.24, 2.45) is 0 Å². The summed E-state index contributed by atoms with van der Waals surface area (Å²) in [6.07, 6.45) is 1.10. The van der Waals surface area contributed by atoms with E-state index in [9.17, 15) is 27.3 Å². The van der Waals surface area contributed by atoms with Gasteiger partial charge in [-0.2, -0.15) is 13.1 Å². The maximum Gasteiger partial charge on any atom is 0.387 e. The Morgan fingerprint density at radius 3 is 2.35 bits per heavy atom. The number of halogens is 2. The van der Waals surface area contributed by atoms with Crippen molar-refractivity contribution >= 4 is 21.4 Å². The first-order valence-corrected chi connectivity index (χ1v) is 8.46. The van der Waals surface area contributed by atoms with Crippen LogP contribution in [0.25, 0.3) is 0 Å². The second-order valence-electron chi connectivity index (χ2n) is 4.94. The van der Waals surface area contributed by atoms with Gasteiger partial charge in [-0.15, -0.1) is 0 Å². The zero-order valence-corrected chi connectivity index (χ0v) is 13.0. The summed E-state index contributed by atoms with van der Waals surface area (Å²) in [5, 5.41) is 10.8. The number of sulfonamides is 1. The molecule has 0 amide bonds. The monoisotopic (exact) mass is 351 g/mol. The van der Waals surface area contributed by atoms with Crippen LogP contribution in [0.2, 0.25) is 0 Å². The number of nitro groups is 1. The van der Waals surface area contributed by atoms with Crippen LogP contribution in [0.4, 0.5) is 20.2 Å². The predicted octanol–water partition coefficient (Wildman–Crippen LogP) is 1.28. The van der Waals surface area contributed by atoms with Gasteiger partial charge in [-0.05, 0) is 6.07 Å². The largest absolute Gasteiger partial charge is 0.432 e. The van der Waals surface area contributed by atoms with E-state index in [0.717, 1.165) is 12.3 Å². The van der Waals surface area contributed by atoms with Crippen molar-refractivity contribution in [1.29, 1.82) is 0 Å². The van der Waals surface area contributed by atoms with Crippen molar-refractivity contribution in [3.63, 3.8) is 0 Å². The number of anilines is 1. The number of non-ortho nitro benzene ring substituents is 1. The second kappa shape index (κ2) is 6.62. The van der Waals surface area contributed by atoms with E-state index in [-0.39, 0.29) is 43.3 Å². The molecule has 0 atom stereocenters. The summed E-state index contributed by atoms with van der Waals surface area (Å²) in [4.78, 5) is 11.7. The molecule has 0 aromatic heterocycles. The van der Waals surface area contributed by atoms with Gasteiger partial charge in [0, 0.05) is 32.2 Å². The highest BCUT2D eigenvalue weighted by molar-refractivity contribution is 7.88. The van der Waals surface area contributed by atoms with Crippen molar-refractivity contribution in [3.05, 3.63) is 28.3 Å². The van der Waals surface area contributed by atoms with Crippen LogP contribution in [0.1, 0.15) is 0 Å². The normalized spacial score (nSPS) is 16.6. The average Bonchev–Trinajstić information content (AvgIpc) is 2.45. The lowest BCUT2D eigenvalue weighted by molar-refractivity contribution is -0.385. The van der Waals surface area contributed by atoms with E-state index in [0.29, 0.717) is 0 Å². The van der Waals surface area contributed by atoms with Gasteiger partial charge in [-0.3, -0.25) is 10.1 Å². The fraction of sp³-hybridized carbons (Fsp3) is 0.500. The van der Waals surface area contributed by atoms with E-state index in [1.54, 1.807) is 4.90 Å². The number of rotatable bonds is 5. The molecule has 128 valence electrons. The molecule has 0 bridgehead atoms. The molecule has 0 spiro atoms. The minimum atomic E-state index is -3.31. The van der Waals surface area contributed by atoms with Gasteiger partial charge in [-0.25, -0.2) is 8.42 Å². The van der Waals surface area contributed by atoms with Crippen LogP contribution in [0, 0.1) is 10.1 Å². The van der Waals surface area contributed by atoms with E-state index in [1.165, 1.54) is 16.4 Å². The molecule has 1 aromatic rings. The van der Waals surface area contributed by atoms with Gasteiger partial charge < -0.3 is 9.64 Å². The van der Waals surface area contributed by atoms with Crippen LogP contribution >= 0.6 is 0 Å². The summed E-state index contributed by atoms with van der Waals surface area (Å²) in [6.45, 7) is -2.18. The number of alkyl halides is 2. The molecule has 1 aliphatic rings. The summed E-state index contributed by atoms with van der Waals surface area (Å²) in [5.74, 6) is -0.304. The minimum Gasteiger partial charge on any atom is -0.432 e. The van der Waals surface area contributed by atoms with Crippen LogP contribution in [0.3, 0.4) is 0 Å². The third kappa shape index (κ3) is 4.26. The Bertz CT molecular complexity index is 690. The van der Waals surface area contributed by atoms with Gasteiger partial charge in [0.2, 0.25) is 10.0 Å². The van der Waals surface area contributed by atoms with Gasteiger partial charge in [0.25, 0.3) is 5.69 Å². The van der Waals surface area contributed by atoms with Crippen LogP contribution in [-0.2, 0) is 10.0 Å². The highest BCUT2D eigenvalue weighted by Crippen LogP contribution is 2.34. The third-order valence-electron chi connectivity index (χ3n) is 3.42. The Kier molecular flexibility index (Phi) is 5.00. The quantitative estimate of drug-likeness (QED) is 0.586. The minimum absolute atomic E-state index is 0.198. The van der Waals surface area contributed by atoms with Crippen molar-refractivity contribution in [2.45, 2.75) is 6.61 Å². The Morgan fingerprint density at radius 1 is 1.26 bits per heavy atom. The number of hydrogen-bond donors (Lipinski definition) is 0. The lowest BCUT2D eigenvalue weighted by atomic mass is 10.2. The molecule has 11 heteroatoms. The molecule has 0 saturated carbocycles. The topological polar surface area (TPSA) is 93.0 Å². The Labute approximate surface area is 131 Å². The van der Waals surface area contributed by atoms with Gasteiger partial charge in [0.1, 0.15) is 0 Å². The van der Waals surface area contributed by atoms with Gasteiger partial charge in [0.15, 0.2) is 5.75 Å². The average molecular weight is 351 g/mol. The maximum atomic E-state index is 12.5. The summed E-state index contributed by atoms with van der Waals surface area (Å²) in [5.41, 5.74) is -0.0942. The molecule has 1 aliphatic heterocycles. The first kappa shape index (κ1) is 17.3. The van der Waals surface area contributed by atoms with Crippen molar-refractivity contribution in [3.8, 4) is 5.75 Å². The van der Waals surface area contributed by atoms with Crippen molar-refractivity contribution < 1.29 is 26.9 Å². The van der Waals surface area contributed by atoms with E-state index in [1.807, 2.05) is 0 Å². The van der Waals surface area contributed by atoms with Crippen LogP contribution in [-0.4, -0.2) is 56.7 Å². The number of hydrogen-bond acceptors (Lipinski definition) is 6.